The smallest absolute Gasteiger partial charge is 0.340 e. The third-order valence-electron chi connectivity index (χ3n) is 5.79. The Kier molecular flexibility index (Phi) is 4.50. The maximum Gasteiger partial charge on any atom is 0.340 e. The molecule has 3 aromatic rings. The van der Waals surface area contributed by atoms with Crippen molar-refractivity contribution < 1.29 is 21.1 Å². The van der Waals surface area contributed by atoms with Gasteiger partial charge in [0.15, 0.2) is 5.60 Å². The van der Waals surface area contributed by atoms with E-state index in [2.05, 4.69) is 0 Å². The molecule has 1 aliphatic rings. The number of rotatable bonds is 4. The van der Waals surface area contributed by atoms with Crippen molar-refractivity contribution in [2.75, 3.05) is 0 Å². The highest BCUT2D eigenvalue weighted by atomic mass is 16.6. The number of hydrogen-bond acceptors (Lipinski definition) is 4. The lowest BCUT2D eigenvalue weighted by Crippen LogP contribution is -2.30. The number of aromatic hydroxyl groups is 2. The van der Waals surface area contributed by atoms with Crippen molar-refractivity contribution in [3.8, 4) is 11.5 Å². The Bertz CT molecular complexity index is 1120. The molecular weight excluding hydrogens is 376 g/mol. The van der Waals surface area contributed by atoms with Crippen LogP contribution in [0, 0.1) is 0 Å². The number of benzene rings is 3. The van der Waals surface area contributed by atoms with Gasteiger partial charge in [-0.2, -0.15) is 0 Å². The van der Waals surface area contributed by atoms with Crippen molar-refractivity contribution >= 4 is 5.97 Å². The first-order valence-corrected chi connectivity index (χ1v) is 10.2. The molecule has 0 aliphatic carbocycles. The van der Waals surface area contributed by atoms with E-state index in [1.165, 1.54) is 0 Å². The van der Waals surface area contributed by atoms with Gasteiger partial charge >= 0.3 is 5.97 Å². The predicted molar refractivity (Wildman–Crippen MR) is 116 cm³/mol. The average Bonchev–Trinajstić information content (AvgIpc) is 3.03. The average molecular weight is 404 g/mol. The van der Waals surface area contributed by atoms with Gasteiger partial charge in [-0.05, 0) is 53.3 Å². The number of carbonyl (C=O) groups is 1. The van der Waals surface area contributed by atoms with E-state index in [0.717, 1.165) is 11.1 Å². The Labute approximate surface area is 178 Å². The van der Waals surface area contributed by atoms with E-state index < -0.39 is 11.6 Å². The molecule has 0 amide bonds. The summed E-state index contributed by atoms with van der Waals surface area (Å²) in [5.41, 5.74) is 2.24. The molecule has 0 spiro atoms. The van der Waals surface area contributed by atoms with Crippen molar-refractivity contribution in [3.05, 3.63) is 94.0 Å². The molecule has 154 valence electrons. The molecule has 0 radical (unpaired) electrons. The number of ether oxygens (including phenoxy) is 1. The largest absolute Gasteiger partial charge is 0.508 e. The molecule has 4 heteroatoms. The number of hydrogen-bond donors (Lipinski definition) is 2. The van der Waals surface area contributed by atoms with Crippen LogP contribution in [0.2, 0.25) is 0 Å². The van der Waals surface area contributed by atoms with Gasteiger partial charge in [0.2, 0.25) is 0 Å². The quantitative estimate of drug-likeness (QED) is 0.539. The molecule has 0 fully saturated rings. The van der Waals surface area contributed by atoms with Crippen LogP contribution < -0.4 is 0 Å². The highest BCUT2D eigenvalue weighted by Crippen LogP contribution is 2.49. The van der Waals surface area contributed by atoms with Gasteiger partial charge in [0.25, 0.3) is 0 Å². The first-order chi connectivity index (χ1) is 14.7. The van der Waals surface area contributed by atoms with Gasteiger partial charge in [0.05, 0.1) is 6.93 Å². The summed E-state index contributed by atoms with van der Waals surface area (Å²) in [6, 6.07) is 15.5. The molecule has 30 heavy (non-hydrogen) atoms. The number of fused-ring (bicyclic) bond motifs is 1. The fraction of sp³-hybridized carbons (Fsp3) is 0.269. The summed E-state index contributed by atoms with van der Waals surface area (Å²) in [6.45, 7) is 7.92. The molecule has 0 saturated heterocycles. The van der Waals surface area contributed by atoms with E-state index in [1.54, 1.807) is 42.5 Å². The second-order valence-electron chi connectivity index (χ2n) is 8.39. The molecule has 0 bridgehead atoms. The van der Waals surface area contributed by atoms with E-state index in [9.17, 15) is 15.0 Å². The standard InChI is InChI=1S/C26H26O4/c1-15(2)20-13-17(9-11-23(20)27)26(18-10-12-24(28)21(14-18)16(3)4)22-8-6-5-7-19(22)25(29)30-26/h5-16,27-28H,1-4H3/i8T. The van der Waals surface area contributed by atoms with Crippen LogP contribution in [-0.4, -0.2) is 16.2 Å². The number of esters is 1. The van der Waals surface area contributed by atoms with Crippen molar-refractivity contribution in [1.82, 2.24) is 0 Å². The highest BCUT2D eigenvalue weighted by molar-refractivity contribution is 5.96. The van der Waals surface area contributed by atoms with Crippen molar-refractivity contribution in [3.63, 3.8) is 0 Å². The number of carbonyl (C=O) groups excluding carboxylic acids is 1. The molecule has 1 aliphatic heterocycles. The molecule has 0 atom stereocenters. The SMILES string of the molecule is [3H]c1cccc2c1C(c1ccc(O)c(C(C)C)c1)(c1ccc(O)c(C(C)C)c1)OC2=O. The maximum absolute atomic E-state index is 12.9. The predicted octanol–water partition coefficient (Wildman–Crippen LogP) is 5.81. The minimum atomic E-state index is -1.35. The summed E-state index contributed by atoms with van der Waals surface area (Å²) in [5, 5.41) is 20.8. The zero-order valence-corrected chi connectivity index (χ0v) is 17.6. The Hall–Kier alpha value is -3.27. The van der Waals surface area contributed by atoms with Gasteiger partial charge in [-0.25, -0.2) is 4.79 Å². The lowest BCUT2D eigenvalue weighted by molar-refractivity contribution is 0.0251. The van der Waals surface area contributed by atoms with Crippen molar-refractivity contribution in [1.29, 1.82) is 0 Å². The zero-order chi connectivity index (χ0) is 22.5. The molecule has 0 saturated carbocycles. The van der Waals surface area contributed by atoms with Gasteiger partial charge in [0.1, 0.15) is 11.5 Å². The molecule has 4 rings (SSSR count). The molecule has 3 aromatic carbocycles. The van der Waals surface area contributed by atoms with E-state index >= 15 is 0 Å². The zero-order valence-electron chi connectivity index (χ0n) is 18.6. The van der Waals surface area contributed by atoms with Crippen molar-refractivity contribution in [2.24, 2.45) is 0 Å². The molecule has 0 unspecified atom stereocenters. The number of phenols is 2. The molecule has 4 nitrogen and oxygen atoms in total. The Morgan fingerprint density at radius 3 is 1.90 bits per heavy atom. The Balaban J connectivity index is 2.10. The van der Waals surface area contributed by atoms with E-state index in [0.29, 0.717) is 22.3 Å². The minimum Gasteiger partial charge on any atom is -0.508 e. The monoisotopic (exact) mass is 404 g/mol. The maximum atomic E-state index is 12.9. The number of phenolic OH excluding ortho intramolecular Hbond substituents is 2. The fourth-order valence-corrected chi connectivity index (χ4v) is 4.19. The summed E-state index contributed by atoms with van der Waals surface area (Å²) >= 11 is 0. The van der Waals surface area contributed by atoms with Gasteiger partial charge in [0, 0.05) is 16.7 Å². The van der Waals surface area contributed by atoms with Crippen LogP contribution in [0.25, 0.3) is 0 Å². The molecule has 2 N–H and O–H groups in total. The molecule has 0 aromatic heterocycles. The highest BCUT2D eigenvalue weighted by Gasteiger charge is 2.48. The van der Waals surface area contributed by atoms with Crippen LogP contribution in [0.1, 0.15) is 79.1 Å². The lowest BCUT2D eigenvalue weighted by atomic mass is 9.78. The first-order valence-electron chi connectivity index (χ1n) is 10.7. The van der Waals surface area contributed by atoms with Crippen LogP contribution in [-0.2, 0) is 10.3 Å². The Morgan fingerprint density at radius 1 is 0.867 bits per heavy atom. The third kappa shape index (κ3) is 2.95. The van der Waals surface area contributed by atoms with E-state index in [4.69, 9.17) is 6.11 Å². The van der Waals surface area contributed by atoms with Crippen LogP contribution in [0.5, 0.6) is 11.5 Å². The minimum absolute atomic E-state index is 0.0471. The Morgan fingerprint density at radius 2 is 1.40 bits per heavy atom. The van der Waals surface area contributed by atoms with Crippen LogP contribution in [0.4, 0.5) is 0 Å². The van der Waals surface area contributed by atoms with Gasteiger partial charge in [-0.15, -0.1) is 0 Å². The summed E-state index contributed by atoms with van der Waals surface area (Å²) in [4.78, 5) is 12.9. The van der Waals surface area contributed by atoms with Gasteiger partial charge < -0.3 is 14.9 Å². The summed E-state index contributed by atoms with van der Waals surface area (Å²) < 4.78 is 14.7. The van der Waals surface area contributed by atoms with E-state index in [1.807, 2.05) is 39.8 Å². The molecule has 1 heterocycles. The molecular formula is C26H26O4. The first kappa shape index (κ1) is 18.7. The van der Waals surface area contributed by atoms with Crippen molar-refractivity contribution in [2.45, 2.75) is 45.1 Å². The van der Waals surface area contributed by atoms with Crippen LogP contribution in [0.15, 0.2) is 60.6 Å². The summed E-state index contributed by atoms with van der Waals surface area (Å²) in [5.74, 6) is -0.0588. The third-order valence-corrected chi connectivity index (χ3v) is 5.79. The second kappa shape index (κ2) is 7.21. The normalized spacial score (nSPS) is 15.3. The fourth-order valence-electron chi connectivity index (χ4n) is 4.19. The van der Waals surface area contributed by atoms with Crippen LogP contribution >= 0.6 is 0 Å². The number of cyclic esters (lactones) is 1. The van der Waals surface area contributed by atoms with Crippen LogP contribution in [0.3, 0.4) is 0 Å². The topological polar surface area (TPSA) is 66.8 Å². The van der Waals surface area contributed by atoms with E-state index in [-0.39, 0.29) is 29.4 Å². The van der Waals surface area contributed by atoms with Gasteiger partial charge in [-0.3, -0.25) is 0 Å². The second-order valence-corrected chi connectivity index (χ2v) is 8.39. The van der Waals surface area contributed by atoms with Gasteiger partial charge in [-0.1, -0.05) is 58.0 Å². The summed E-state index contributed by atoms with van der Waals surface area (Å²) in [6.07, 6.45) is 0. The lowest BCUT2D eigenvalue weighted by Gasteiger charge is -2.32. The summed E-state index contributed by atoms with van der Waals surface area (Å²) in [7, 11) is 0.